The molecular formula is C17H14Cl2N2O4S. The molecule has 1 atom stereocenters. The van der Waals surface area contributed by atoms with Crippen LogP contribution in [0.25, 0.3) is 0 Å². The Kier molecular flexibility index (Phi) is 5.22. The number of rotatable bonds is 4. The summed E-state index contributed by atoms with van der Waals surface area (Å²) in [5.41, 5.74) is 1.11. The Labute approximate surface area is 160 Å². The summed E-state index contributed by atoms with van der Waals surface area (Å²) in [6.07, 6.45) is 0. The van der Waals surface area contributed by atoms with Crippen molar-refractivity contribution in [3.8, 4) is 0 Å². The highest BCUT2D eigenvalue weighted by atomic mass is 35.5. The molecule has 0 aliphatic carbocycles. The van der Waals surface area contributed by atoms with Crippen molar-refractivity contribution in [3.05, 3.63) is 63.6 Å². The summed E-state index contributed by atoms with van der Waals surface area (Å²) in [4.78, 5) is 16.5. The van der Waals surface area contributed by atoms with Crippen molar-refractivity contribution in [2.75, 3.05) is 0 Å². The molecule has 1 heterocycles. The van der Waals surface area contributed by atoms with E-state index >= 15 is 0 Å². The van der Waals surface area contributed by atoms with Crippen molar-refractivity contribution in [2.24, 2.45) is 4.99 Å². The molecule has 1 aliphatic heterocycles. The van der Waals surface area contributed by atoms with Crippen LogP contribution in [-0.2, 0) is 26.2 Å². The maximum absolute atomic E-state index is 12.2. The molecule has 0 fully saturated rings. The van der Waals surface area contributed by atoms with E-state index in [0.717, 1.165) is 0 Å². The summed E-state index contributed by atoms with van der Waals surface area (Å²) >= 11 is 11.8. The van der Waals surface area contributed by atoms with Gasteiger partial charge in [0.25, 0.3) is 10.0 Å². The maximum atomic E-state index is 12.2. The van der Waals surface area contributed by atoms with Crippen LogP contribution in [0.5, 0.6) is 0 Å². The Hall–Kier alpha value is -2.09. The number of carbonyl (C=O) groups is 1. The second-order valence-corrected chi connectivity index (χ2v) is 8.08. The number of ether oxygens (including phenoxy) is 1. The average molecular weight is 413 g/mol. The fraction of sp³-hybridized carbons (Fsp3) is 0.176. The quantitative estimate of drug-likeness (QED) is 0.781. The SMILES string of the molecule is C[C@H](N=C1NS(=O)(=O)c2ccccc21)C(=O)OCc1ccc(Cl)c(Cl)c1. The lowest BCUT2D eigenvalue weighted by molar-refractivity contribution is -0.146. The third-order valence-electron chi connectivity index (χ3n) is 3.69. The lowest BCUT2D eigenvalue weighted by Gasteiger charge is -2.09. The van der Waals surface area contributed by atoms with Gasteiger partial charge in [0, 0.05) is 5.56 Å². The van der Waals surface area contributed by atoms with Crippen molar-refractivity contribution in [1.82, 2.24) is 4.72 Å². The number of hydrogen-bond acceptors (Lipinski definition) is 5. The van der Waals surface area contributed by atoms with Crippen LogP contribution in [0.4, 0.5) is 0 Å². The molecule has 1 N–H and O–H groups in total. The largest absolute Gasteiger partial charge is 0.459 e. The summed E-state index contributed by atoms with van der Waals surface area (Å²) < 4.78 is 31.7. The minimum absolute atomic E-state index is 0.00717. The number of amidine groups is 1. The number of sulfonamides is 1. The van der Waals surface area contributed by atoms with Gasteiger partial charge in [-0.15, -0.1) is 0 Å². The first kappa shape index (κ1) is 18.7. The Morgan fingerprint density at radius 2 is 1.92 bits per heavy atom. The zero-order valence-electron chi connectivity index (χ0n) is 13.6. The Bertz CT molecular complexity index is 1010. The number of fused-ring (bicyclic) bond motifs is 1. The minimum Gasteiger partial charge on any atom is -0.459 e. The summed E-state index contributed by atoms with van der Waals surface area (Å²) in [5.74, 6) is -0.466. The zero-order valence-corrected chi connectivity index (χ0v) is 15.9. The molecular weight excluding hydrogens is 399 g/mol. The molecule has 6 nitrogen and oxygen atoms in total. The minimum atomic E-state index is -3.65. The number of carbonyl (C=O) groups excluding carboxylic acids is 1. The molecule has 26 heavy (non-hydrogen) atoms. The molecule has 0 radical (unpaired) electrons. The second kappa shape index (κ2) is 7.26. The molecule has 0 unspecified atom stereocenters. The van der Waals surface area contributed by atoms with Gasteiger partial charge in [-0.2, -0.15) is 0 Å². The number of esters is 1. The highest BCUT2D eigenvalue weighted by molar-refractivity contribution is 7.90. The molecule has 0 saturated carbocycles. The first-order valence-electron chi connectivity index (χ1n) is 7.58. The molecule has 0 spiro atoms. The van der Waals surface area contributed by atoms with Crippen LogP contribution in [0.3, 0.4) is 0 Å². The number of halogens is 2. The van der Waals surface area contributed by atoms with Crippen LogP contribution in [0.2, 0.25) is 10.0 Å². The number of hydrogen-bond donors (Lipinski definition) is 1. The van der Waals surface area contributed by atoms with Gasteiger partial charge < -0.3 is 4.74 Å². The summed E-state index contributed by atoms with van der Waals surface area (Å²) in [7, 11) is -3.65. The van der Waals surface area contributed by atoms with E-state index in [4.69, 9.17) is 27.9 Å². The normalized spacial score (nSPS) is 17.4. The van der Waals surface area contributed by atoms with E-state index in [1.165, 1.54) is 13.0 Å². The van der Waals surface area contributed by atoms with Crippen molar-refractivity contribution in [1.29, 1.82) is 0 Å². The van der Waals surface area contributed by atoms with Gasteiger partial charge in [-0.25, -0.2) is 13.2 Å². The summed E-state index contributed by atoms with van der Waals surface area (Å²) in [6, 6.07) is 10.4. The molecule has 0 bridgehead atoms. The fourth-order valence-electron chi connectivity index (χ4n) is 2.38. The summed E-state index contributed by atoms with van der Waals surface area (Å²) in [6.45, 7) is 1.53. The first-order chi connectivity index (χ1) is 12.3. The highest BCUT2D eigenvalue weighted by Gasteiger charge is 2.31. The molecule has 2 aromatic carbocycles. The average Bonchev–Trinajstić information content (AvgIpc) is 2.86. The number of aliphatic imine (C=N–C) groups is 1. The van der Waals surface area contributed by atoms with Crippen LogP contribution in [0.1, 0.15) is 18.1 Å². The van der Waals surface area contributed by atoms with Crippen LogP contribution < -0.4 is 4.72 Å². The molecule has 2 aromatic rings. The van der Waals surface area contributed by atoms with Crippen LogP contribution in [-0.4, -0.2) is 26.3 Å². The Balaban J connectivity index is 1.71. The maximum Gasteiger partial charge on any atom is 0.330 e. The van der Waals surface area contributed by atoms with Gasteiger partial charge in [0.05, 0.1) is 14.9 Å². The zero-order chi connectivity index (χ0) is 18.9. The van der Waals surface area contributed by atoms with E-state index in [2.05, 4.69) is 9.71 Å². The van der Waals surface area contributed by atoms with Gasteiger partial charge in [-0.05, 0) is 36.8 Å². The van der Waals surface area contributed by atoms with Gasteiger partial charge in [0.2, 0.25) is 0 Å². The predicted octanol–water partition coefficient (Wildman–Crippen LogP) is 3.16. The molecule has 9 heteroatoms. The van der Waals surface area contributed by atoms with E-state index in [-0.39, 0.29) is 17.3 Å². The number of benzene rings is 2. The van der Waals surface area contributed by atoms with Crippen LogP contribution >= 0.6 is 23.2 Å². The van der Waals surface area contributed by atoms with Gasteiger partial charge in [-0.3, -0.25) is 9.71 Å². The second-order valence-electron chi connectivity index (χ2n) is 5.61. The van der Waals surface area contributed by atoms with Crippen molar-refractivity contribution < 1.29 is 17.9 Å². The third kappa shape index (κ3) is 3.85. The van der Waals surface area contributed by atoms with E-state index in [1.54, 1.807) is 36.4 Å². The standard InChI is InChI=1S/C17H14Cl2N2O4S/c1-10(17(22)25-9-11-6-7-13(18)14(19)8-11)20-16-12-4-2-3-5-15(12)26(23,24)21-16/h2-8,10H,9H2,1H3,(H,20,21)/t10-/m0/s1. The third-order valence-corrected chi connectivity index (χ3v) is 5.83. The lowest BCUT2D eigenvalue weighted by Crippen LogP contribution is -2.26. The molecule has 0 saturated heterocycles. The monoisotopic (exact) mass is 412 g/mol. The topological polar surface area (TPSA) is 84.8 Å². The lowest BCUT2D eigenvalue weighted by atomic mass is 10.2. The molecule has 136 valence electrons. The van der Waals surface area contributed by atoms with E-state index in [1.807, 2.05) is 0 Å². The van der Waals surface area contributed by atoms with Crippen LogP contribution in [0, 0.1) is 0 Å². The molecule has 3 rings (SSSR count). The molecule has 1 aliphatic rings. The molecule has 0 aromatic heterocycles. The van der Waals surface area contributed by atoms with Crippen LogP contribution in [0.15, 0.2) is 52.4 Å². The first-order valence-corrected chi connectivity index (χ1v) is 9.82. The predicted molar refractivity (Wildman–Crippen MR) is 99.0 cm³/mol. The van der Waals surface area contributed by atoms with E-state index in [0.29, 0.717) is 21.2 Å². The van der Waals surface area contributed by atoms with Crippen molar-refractivity contribution in [3.63, 3.8) is 0 Å². The number of nitrogens with one attached hydrogen (secondary N) is 1. The molecule has 0 amide bonds. The van der Waals surface area contributed by atoms with Gasteiger partial charge in [-0.1, -0.05) is 41.4 Å². The number of nitrogens with zero attached hydrogens (tertiary/aromatic N) is 1. The van der Waals surface area contributed by atoms with Crippen molar-refractivity contribution >= 4 is 45.0 Å². The highest BCUT2D eigenvalue weighted by Crippen LogP contribution is 2.24. The summed E-state index contributed by atoms with van der Waals surface area (Å²) in [5, 5.41) is 0.777. The Morgan fingerprint density at radius 3 is 2.65 bits per heavy atom. The van der Waals surface area contributed by atoms with Crippen molar-refractivity contribution in [2.45, 2.75) is 24.5 Å². The van der Waals surface area contributed by atoms with Gasteiger partial charge in [0.1, 0.15) is 18.5 Å². The Morgan fingerprint density at radius 1 is 1.19 bits per heavy atom. The van der Waals surface area contributed by atoms with Gasteiger partial charge >= 0.3 is 5.97 Å². The smallest absolute Gasteiger partial charge is 0.330 e. The van der Waals surface area contributed by atoms with E-state index in [9.17, 15) is 13.2 Å². The fourth-order valence-corrected chi connectivity index (χ4v) is 3.94. The van der Waals surface area contributed by atoms with Gasteiger partial charge in [0.15, 0.2) is 0 Å². The van der Waals surface area contributed by atoms with E-state index < -0.39 is 22.0 Å².